The molecule has 2 aromatic rings. The molecule has 0 fully saturated rings. The molecule has 0 aliphatic heterocycles. The molecule has 0 bridgehead atoms. The highest BCUT2D eigenvalue weighted by molar-refractivity contribution is 5.52. The second-order valence-electron chi connectivity index (χ2n) is 4.80. The smallest absolute Gasteiger partial charge is 0.124 e. The zero-order valence-electron chi connectivity index (χ0n) is 12.2. The summed E-state index contributed by atoms with van der Waals surface area (Å²) in [4.78, 5) is 1.96. The number of nitrogens with two attached hydrogens (primary N) is 1. The van der Waals surface area contributed by atoms with E-state index in [-0.39, 0.29) is 17.5 Å². The summed E-state index contributed by atoms with van der Waals surface area (Å²) in [6.07, 6.45) is 0. The maximum Gasteiger partial charge on any atom is 0.124 e. The van der Waals surface area contributed by atoms with Crippen LogP contribution in [0.15, 0.2) is 42.5 Å². The van der Waals surface area contributed by atoms with E-state index in [4.69, 9.17) is 10.5 Å². The number of benzene rings is 2. The van der Waals surface area contributed by atoms with Crippen molar-refractivity contribution in [2.75, 3.05) is 25.6 Å². The van der Waals surface area contributed by atoms with Gasteiger partial charge in [0.25, 0.3) is 0 Å². The van der Waals surface area contributed by atoms with Gasteiger partial charge < -0.3 is 25.6 Å². The molecule has 1 atom stereocenters. The molecule has 0 spiro atoms. The second kappa shape index (κ2) is 6.37. The summed E-state index contributed by atoms with van der Waals surface area (Å²) in [7, 11) is 3.45. The summed E-state index contributed by atoms with van der Waals surface area (Å²) in [6, 6.07) is 11.8. The number of phenols is 2. The third kappa shape index (κ3) is 3.20. The summed E-state index contributed by atoms with van der Waals surface area (Å²) >= 11 is 0. The van der Waals surface area contributed by atoms with Gasteiger partial charge in [-0.05, 0) is 36.4 Å². The van der Waals surface area contributed by atoms with Crippen molar-refractivity contribution in [2.24, 2.45) is 5.73 Å². The summed E-state index contributed by atoms with van der Waals surface area (Å²) in [5.74, 6) is 0.957. The highest BCUT2D eigenvalue weighted by atomic mass is 16.5. The SMILES string of the molecule is COc1ccc(C(CN)N(C)c2ccc(O)cc2)c(O)c1. The Morgan fingerprint density at radius 3 is 2.33 bits per heavy atom. The molecule has 0 aliphatic rings. The van der Waals surface area contributed by atoms with Gasteiger partial charge in [-0.15, -0.1) is 0 Å². The molecular formula is C16H20N2O3. The van der Waals surface area contributed by atoms with Crippen molar-refractivity contribution < 1.29 is 14.9 Å². The number of nitrogens with zero attached hydrogens (tertiary/aromatic N) is 1. The van der Waals surface area contributed by atoms with Crippen molar-refractivity contribution in [3.8, 4) is 17.2 Å². The van der Waals surface area contributed by atoms with E-state index in [0.29, 0.717) is 12.3 Å². The van der Waals surface area contributed by atoms with E-state index in [9.17, 15) is 10.2 Å². The van der Waals surface area contributed by atoms with Gasteiger partial charge in [0, 0.05) is 30.9 Å². The molecule has 0 aliphatic carbocycles. The standard InChI is InChI=1S/C16H20N2O3/c1-18(11-3-5-12(19)6-4-11)15(10-17)14-8-7-13(21-2)9-16(14)20/h3-9,15,19-20H,10,17H2,1-2H3. The van der Waals surface area contributed by atoms with Crippen molar-refractivity contribution in [2.45, 2.75) is 6.04 Å². The van der Waals surface area contributed by atoms with E-state index in [1.807, 2.05) is 18.0 Å². The van der Waals surface area contributed by atoms with E-state index < -0.39 is 0 Å². The van der Waals surface area contributed by atoms with Gasteiger partial charge in [0.15, 0.2) is 0 Å². The molecule has 2 rings (SSSR count). The van der Waals surface area contributed by atoms with Crippen LogP contribution in [0.25, 0.3) is 0 Å². The minimum absolute atomic E-state index is 0.149. The molecular weight excluding hydrogens is 268 g/mol. The predicted molar refractivity (Wildman–Crippen MR) is 83.0 cm³/mol. The van der Waals surface area contributed by atoms with Gasteiger partial charge in [0.2, 0.25) is 0 Å². The maximum atomic E-state index is 10.2. The van der Waals surface area contributed by atoms with Gasteiger partial charge in [-0.3, -0.25) is 0 Å². The van der Waals surface area contributed by atoms with Crippen LogP contribution in [0.2, 0.25) is 0 Å². The summed E-state index contributed by atoms with van der Waals surface area (Å²) in [5, 5.41) is 19.5. The summed E-state index contributed by atoms with van der Waals surface area (Å²) in [6.45, 7) is 0.345. The van der Waals surface area contributed by atoms with E-state index in [2.05, 4.69) is 0 Å². The first-order valence-electron chi connectivity index (χ1n) is 6.65. The lowest BCUT2D eigenvalue weighted by atomic mass is 10.0. The van der Waals surface area contributed by atoms with Crippen LogP contribution in [-0.2, 0) is 0 Å². The minimum atomic E-state index is -0.180. The topological polar surface area (TPSA) is 79.0 Å². The van der Waals surface area contributed by atoms with Crippen molar-refractivity contribution in [1.29, 1.82) is 0 Å². The highest BCUT2D eigenvalue weighted by Crippen LogP contribution is 2.33. The van der Waals surface area contributed by atoms with Crippen LogP contribution in [0.4, 0.5) is 5.69 Å². The number of rotatable bonds is 5. The molecule has 21 heavy (non-hydrogen) atoms. The number of aromatic hydroxyl groups is 2. The van der Waals surface area contributed by atoms with Crippen molar-refractivity contribution in [3.05, 3.63) is 48.0 Å². The first kappa shape index (κ1) is 15.0. The third-order valence-corrected chi connectivity index (χ3v) is 3.54. The zero-order chi connectivity index (χ0) is 15.4. The van der Waals surface area contributed by atoms with Crippen molar-refractivity contribution in [1.82, 2.24) is 0 Å². The number of methoxy groups -OCH3 is 1. The van der Waals surface area contributed by atoms with Crippen molar-refractivity contribution >= 4 is 5.69 Å². The monoisotopic (exact) mass is 288 g/mol. The molecule has 5 heteroatoms. The van der Waals surface area contributed by atoms with Crippen LogP contribution in [0, 0.1) is 0 Å². The van der Waals surface area contributed by atoms with Crippen LogP contribution in [0.1, 0.15) is 11.6 Å². The molecule has 0 aromatic heterocycles. The molecule has 112 valence electrons. The van der Waals surface area contributed by atoms with Crippen LogP contribution in [0.3, 0.4) is 0 Å². The van der Waals surface area contributed by atoms with Crippen LogP contribution in [0.5, 0.6) is 17.2 Å². The molecule has 0 saturated heterocycles. The van der Waals surface area contributed by atoms with Gasteiger partial charge in [0.1, 0.15) is 17.2 Å². The van der Waals surface area contributed by atoms with E-state index in [1.165, 1.54) is 0 Å². The molecule has 0 radical (unpaired) electrons. The fraction of sp³-hybridized carbons (Fsp3) is 0.250. The summed E-state index contributed by atoms with van der Waals surface area (Å²) in [5.41, 5.74) is 7.51. The number of phenolic OH excluding ortho intramolecular Hbond substituents is 2. The lowest BCUT2D eigenvalue weighted by Gasteiger charge is -2.30. The Morgan fingerprint density at radius 2 is 1.81 bits per heavy atom. The minimum Gasteiger partial charge on any atom is -0.508 e. The molecule has 1 unspecified atom stereocenters. The van der Waals surface area contributed by atoms with E-state index in [1.54, 1.807) is 43.5 Å². The molecule has 2 aromatic carbocycles. The number of hydrogen-bond acceptors (Lipinski definition) is 5. The Labute approximate surface area is 124 Å². The summed E-state index contributed by atoms with van der Waals surface area (Å²) < 4.78 is 5.09. The third-order valence-electron chi connectivity index (χ3n) is 3.54. The number of hydrogen-bond donors (Lipinski definition) is 3. The normalized spacial score (nSPS) is 12.0. The van der Waals surface area contributed by atoms with Crippen LogP contribution >= 0.6 is 0 Å². The lowest BCUT2D eigenvalue weighted by Crippen LogP contribution is -2.30. The average molecular weight is 288 g/mol. The van der Waals surface area contributed by atoms with E-state index >= 15 is 0 Å². The largest absolute Gasteiger partial charge is 0.508 e. The Bertz CT molecular complexity index is 599. The van der Waals surface area contributed by atoms with Crippen LogP contribution < -0.4 is 15.4 Å². The Hall–Kier alpha value is -2.40. The van der Waals surface area contributed by atoms with E-state index in [0.717, 1.165) is 11.3 Å². The average Bonchev–Trinajstić information content (AvgIpc) is 2.50. The fourth-order valence-corrected chi connectivity index (χ4v) is 2.29. The van der Waals surface area contributed by atoms with Gasteiger partial charge >= 0.3 is 0 Å². The molecule has 0 saturated carbocycles. The molecule has 5 nitrogen and oxygen atoms in total. The Balaban J connectivity index is 2.32. The first-order chi connectivity index (χ1) is 10.1. The maximum absolute atomic E-state index is 10.2. The number of ether oxygens (including phenoxy) is 1. The quantitative estimate of drug-likeness (QED) is 0.786. The first-order valence-corrected chi connectivity index (χ1v) is 6.65. The Kier molecular flexibility index (Phi) is 4.55. The predicted octanol–water partition coefficient (Wildman–Crippen LogP) is 2.24. The lowest BCUT2D eigenvalue weighted by molar-refractivity contribution is 0.405. The number of likely N-dealkylation sites (N-methyl/N-ethyl adjacent to an activating group) is 1. The van der Waals surface area contributed by atoms with Gasteiger partial charge in [-0.25, -0.2) is 0 Å². The van der Waals surface area contributed by atoms with Crippen LogP contribution in [-0.4, -0.2) is 30.9 Å². The second-order valence-corrected chi connectivity index (χ2v) is 4.80. The highest BCUT2D eigenvalue weighted by Gasteiger charge is 2.19. The van der Waals surface area contributed by atoms with Crippen molar-refractivity contribution in [3.63, 3.8) is 0 Å². The molecule has 0 amide bonds. The van der Waals surface area contributed by atoms with Gasteiger partial charge in [0.05, 0.1) is 13.2 Å². The molecule has 4 N–H and O–H groups in total. The van der Waals surface area contributed by atoms with Gasteiger partial charge in [-0.1, -0.05) is 0 Å². The number of anilines is 1. The molecule has 0 heterocycles. The fourth-order valence-electron chi connectivity index (χ4n) is 2.29. The zero-order valence-corrected chi connectivity index (χ0v) is 12.2. The Morgan fingerprint density at radius 1 is 1.14 bits per heavy atom. The van der Waals surface area contributed by atoms with Gasteiger partial charge in [-0.2, -0.15) is 0 Å².